The minimum atomic E-state index is 0.151. The van der Waals surface area contributed by atoms with Crippen LogP contribution in [0.2, 0.25) is 5.02 Å². The van der Waals surface area contributed by atoms with Gasteiger partial charge in [-0.05, 0) is 44.0 Å². The second kappa shape index (κ2) is 5.13. The van der Waals surface area contributed by atoms with E-state index < -0.39 is 0 Å². The van der Waals surface area contributed by atoms with Crippen LogP contribution in [-0.2, 0) is 0 Å². The topological polar surface area (TPSA) is 17.1 Å². The highest BCUT2D eigenvalue weighted by Gasteiger charge is 2.06. The average Bonchev–Trinajstić information content (AvgIpc) is 2.18. The summed E-state index contributed by atoms with van der Waals surface area (Å²) >= 11 is 5.89. The van der Waals surface area contributed by atoms with E-state index in [4.69, 9.17) is 11.6 Å². The molecule has 80 valence electrons. The summed E-state index contributed by atoms with van der Waals surface area (Å²) in [5, 5.41) is 0.700. The molecule has 15 heavy (non-hydrogen) atoms. The third kappa shape index (κ3) is 3.52. The zero-order valence-electron chi connectivity index (χ0n) is 9.14. The highest BCUT2D eigenvalue weighted by Crippen LogP contribution is 2.18. The van der Waals surface area contributed by atoms with Crippen molar-refractivity contribution in [1.82, 2.24) is 0 Å². The van der Waals surface area contributed by atoms with Gasteiger partial charge in [0.05, 0.1) is 0 Å². The van der Waals surface area contributed by atoms with Gasteiger partial charge in [-0.1, -0.05) is 17.2 Å². The van der Waals surface area contributed by atoms with Gasteiger partial charge in [0.15, 0.2) is 5.78 Å². The number of halogens is 1. The molecule has 1 aromatic rings. The van der Waals surface area contributed by atoms with Crippen molar-refractivity contribution < 1.29 is 4.79 Å². The Morgan fingerprint density at radius 2 is 2.07 bits per heavy atom. The Labute approximate surface area is 95.8 Å². The van der Waals surface area contributed by atoms with Crippen molar-refractivity contribution in [2.45, 2.75) is 26.7 Å². The van der Waals surface area contributed by atoms with Gasteiger partial charge in [-0.2, -0.15) is 0 Å². The lowest BCUT2D eigenvalue weighted by atomic mass is 10.0. The van der Waals surface area contributed by atoms with Crippen LogP contribution in [0.25, 0.3) is 0 Å². The Balaban J connectivity index is 2.74. The Morgan fingerprint density at radius 1 is 1.40 bits per heavy atom. The van der Waals surface area contributed by atoms with Gasteiger partial charge in [-0.25, -0.2) is 0 Å². The molecule has 2 heteroatoms. The van der Waals surface area contributed by atoms with E-state index in [1.54, 1.807) is 12.1 Å². The lowest BCUT2D eigenvalue weighted by Crippen LogP contribution is -1.99. The van der Waals surface area contributed by atoms with E-state index in [0.717, 1.165) is 23.1 Å². The van der Waals surface area contributed by atoms with Crippen LogP contribution in [0.5, 0.6) is 0 Å². The molecule has 0 aliphatic heterocycles. The monoisotopic (exact) mass is 222 g/mol. The summed E-state index contributed by atoms with van der Waals surface area (Å²) in [5.41, 5.74) is 2.71. The SMILES string of the molecule is C=C(C)CCC(=O)c1ccc(Cl)c(C)c1. The van der Waals surface area contributed by atoms with E-state index >= 15 is 0 Å². The molecule has 0 aliphatic carbocycles. The number of allylic oxidation sites excluding steroid dienone is 1. The van der Waals surface area contributed by atoms with Gasteiger partial charge in [-0.15, -0.1) is 6.58 Å². The summed E-state index contributed by atoms with van der Waals surface area (Å²) in [6.07, 6.45) is 1.27. The Hall–Kier alpha value is -1.08. The first kappa shape index (κ1) is 12.0. The largest absolute Gasteiger partial charge is 0.294 e. The number of benzene rings is 1. The van der Waals surface area contributed by atoms with E-state index in [1.165, 1.54) is 0 Å². The standard InChI is InChI=1S/C13H15ClO/c1-9(2)4-7-13(15)11-5-6-12(14)10(3)8-11/h5-6,8H,1,4,7H2,2-3H3. The first-order valence-electron chi connectivity index (χ1n) is 4.94. The average molecular weight is 223 g/mol. The van der Waals surface area contributed by atoms with Crippen LogP contribution in [0.3, 0.4) is 0 Å². The highest BCUT2D eigenvalue weighted by molar-refractivity contribution is 6.31. The van der Waals surface area contributed by atoms with Gasteiger partial charge in [-0.3, -0.25) is 4.79 Å². The quantitative estimate of drug-likeness (QED) is 0.552. The number of carbonyl (C=O) groups excluding carboxylic acids is 1. The normalized spacial score (nSPS) is 10.1. The molecule has 0 atom stereocenters. The van der Waals surface area contributed by atoms with Crippen molar-refractivity contribution in [1.29, 1.82) is 0 Å². The first-order chi connectivity index (χ1) is 7.00. The van der Waals surface area contributed by atoms with E-state index in [-0.39, 0.29) is 5.78 Å². The molecule has 0 bridgehead atoms. The van der Waals surface area contributed by atoms with Gasteiger partial charge in [0.1, 0.15) is 0 Å². The van der Waals surface area contributed by atoms with Crippen molar-refractivity contribution >= 4 is 17.4 Å². The zero-order valence-corrected chi connectivity index (χ0v) is 9.90. The van der Waals surface area contributed by atoms with E-state index in [1.807, 2.05) is 19.9 Å². The first-order valence-corrected chi connectivity index (χ1v) is 5.32. The van der Waals surface area contributed by atoms with Crippen LogP contribution in [0.4, 0.5) is 0 Å². The summed E-state index contributed by atoms with van der Waals surface area (Å²) in [7, 11) is 0. The van der Waals surface area contributed by atoms with Gasteiger partial charge < -0.3 is 0 Å². The molecule has 0 saturated carbocycles. The fraction of sp³-hybridized carbons (Fsp3) is 0.308. The van der Waals surface area contributed by atoms with Crippen molar-refractivity contribution in [3.05, 3.63) is 46.5 Å². The Kier molecular flexibility index (Phi) is 4.10. The smallest absolute Gasteiger partial charge is 0.163 e. The molecule has 1 rings (SSSR count). The van der Waals surface area contributed by atoms with Crippen LogP contribution in [0.15, 0.2) is 30.4 Å². The summed E-state index contributed by atoms with van der Waals surface area (Å²) in [6, 6.07) is 5.38. The third-order valence-corrected chi connectivity index (χ3v) is 2.68. The molecular weight excluding hydrogens is 208 g/mol. The minimum Gasteiger partial charge on any atom is -0.294 e. The maximum atomic E-state index is 11.7. The fourth-order valence-corrected chi connectivity index (χ4v) is 1.41. The predicted octanol–water partition coefficient (Wildman–Crippen LogP) is 4.19. The maximum absolute atomic E-state index is 11.7. The van der Waals surface area contributed by atoms with E-state index in [0.29, 0.717) is 11.4 Å². The van der Waals surface area contributed by atoms with Crippen LogP contribution in [-0.4, -0.2) is 5.78 Å². The third-order valence-electron chi connectivity index (χ3n) is 2.26. The molecule has 0 aromatic heterocycles. The summed E-state index contributed by atoms with van der Waals surface area (Å²) in [6.45, 7) is 7.61. The number of ketones is 1. The van der Waals surface area contributed by atoms with E-state index in [9.17, 15) is 4.79 Å². The minimum absolute atomic E-state index is 0.151. The number of Topliss-reactive ketones (excluding diaryl/α,β-unsaturated/α-hetero) is 1. The van der Waals surface area contributed by atoms with Crippen LogP contribution in [0.1, 0.15) is 35.7 Å². The Bertz CT molecular complexity index is 394. The fourth-order valence-electron chi connectivity index (χ4n) is 1.29. The lowest BCUT2D eigenvalue weighted by molar-refractivity contribution is 0.0982. The summed E-state index contributed by atoms with van der Waals surface area (Å²) in [5.74, 6) is 0.151. The number of hydrogen-bond donors (Lipinski definition) is 0. The van der Waals surface area contributed by atoms with E-state index in [2.05, 4.69) is 6.58 Å². The number of carbonyl (C=O) groups is 1. The predicted molar refractivity (Wildman–Crippen MR) is 64.6 cm³/mol. The van der Waals surface area contributed by atoms with Crippen LogP contribution in [0, 0.1) is 6.92 Å². The van der Waals surface area contributed by atoms with Gasteiger partial charge >= 0.3 is 0 Å². The molecule has 0 N–H and O–H groups in total. The molecule has 0 fully saturated rings. The molecule has 0 amide bonds. The molecule has 0 heterocycles. The second-order valence-corrected chi connectivity index (χ2v) is 4.25. The molecular formula is C13H15ClO. The molecule has 0 spiro atoms. The number of hydrogen-bond acceptors (Lipinski definition) is 1. The number of rotatable bonds is 4. The molecule has 1 nitrogen and oxygen atoms in total. The van der Waals surface area contributed by atoms with Crippen LogP contribution < -0.4 is 0 Å². The summed E-state index contributed by atoms with van der Waals surface area (Å²) < 4.78 is 0. The van der Waals surface area contributed by atoms with Crippen molar-refractivity contribution in [3.8, 4) is 0 Å². The molecule has 0 aliphatic rings. The maximum Gasteiger partial charge on any atom is 0.163 e. The van der Waals surface area contributed by atoms with Crippen molar-refractivity contribution in [2.75, 3.05) is 0 Å². The van der Waals surface area contributed by atoms with Gasteiger partial charge in [0.25, 0.3) is 0 Å². The van der Waals surface area contributed by atoms with Gasteiger partial charge in [0, 0.05) is 17.0 Å². The van der Waals surface area contributed by atoms with Gasteiger partial charge in [0.2, 0.25) is 0 Å². The Morgan fingerprint density at radius 3 is 2.60 bits per heavy atom. The summed E-state index contributed by atoms with van der Waals surface area (Å²) in [4.78, 5) is 11.7. The molecule has 1 aromatic carbocycles. The highest BCUT2D eigenvalue weighted by atomic mass is 35.5. The number of aryl methyl sites for hydroxylation is 1. The lowest BCUT2D eigenvalue weighted by Gasteiger charge is -2.03. The van der Waals surface area contributed by atoms with Crippen molar-refractivity contribution in [2.24, 2.45) is 0 Å². The molecule has 0 radical (unpaired) electrons. The molecule has 0 unspecified atom stereocenters. The molecule has 0 saturated heterocycles. The zero-order chi connectivity index (χ0) is 11.4. The van der Waals surface area contributed by atoms with Crippen molar-refractivity contribution in [3.63, 3.8) is 0 Å². The second-order valence-electron chi connectivity index (χ2n) is 3.84. The van der Waals surface area contributed by atoms with Crippen LogP contribution >= 0.6 is 11.6 Å².